The van der Waals surface area contributed by atoms with E-state index in [0.717, 1.165) is 45.1 Å². The van der Waals surface area contributed by atoms with Gasteiger partial charge in [0.25, 0.3) is 0 Å². The average Bonchev–Trinajstić information content (AvgIpc) is 3.31. The van der Waals surface area contributed by atoms with Crippen molar-refractivity contribution in [3.63, 3.8) is 0 Å². The van der Waals surface area contributed by atoms with Crippen LogP contribution in [0.4, 0.5) is 10.5 Å². The van der Waals surface area contributed by atoms with Gasteiger partial charge in [-0.05, 0) is 68.2 Å². The van der Waals surface area contributed by atoms with E-state index in [-0.39, 0.29) is 67.1 Å². The lowest BCUT2D eigenvalue weighted by Crippen LogP contribution is -2.51. The van der Waals surface area contributed by atoms with Crippen LogP contribution in [-0.4, -0.2) is 109 Å². The number of esters is 1. The van der Waals surface area contributed by atoms with Crippen LogP contribution >= 0.6 is 0 Å². The van der Waals surface area contributed by atoms with E-state index in [2.05, 4.69) is 70.0 Å². The quantitative estimate of drug-likeness (QED) is 0.0432. The standard InChI is InChI=1S/C29H44N4O10.C16H25NO.C4H10N2O.C2H6/c1-15(2)26(32-17(5)6)28(39)30-12-23(35)33-20-8-7-18(14-41-29(40)16(3)4)9-21(20)42-25-11-19(34)10-22(43-25)27(38)31-13-24(36)37;1-3-4-13-17-16(18)8-6-5-7-15-11-9-14(2)10-12-15;1-2-3-6-4(5)7;1-2/h7-9,15-17,19,22,25-26,32,34H,10-14H2,1-6H3,(H,30,39)(H,31,38)(H,33,35)(H,36,37);9-12H,3-8,13H2,1-2H3,(H,17,18);2-3H2,1H3,(H3,5,6,7);1-2H3. The van der Waals surface area contributed by atoms with E-state index >= 15 is 0 Å². The zero-order valence-electron chi connectivity index (χ0n) is 43.5. The fraction of sp³-hybridized carbons (Fsp3) is 0.627. The number of nitrogens with one attached hydrogen (secondary N) is 6. The Hall–Kier alpha value is -5.79. The number of hydrogen-bond acceptors (Lipinski definition) is 12. The highest BCUT2D eigenvalue weighted by Gasteiger charge is 2.35. The van der Waals surface area contributed by atoms with Gasteiger partial charge in [0.05, 0.1) is 30.3 Å². The summed E-state index contributed by atoms with van der Waals surface area (Å²) in [6, 6.07) is 12.4. The number of hydrogen-bond donors (Lipinski definition) is 9. The number of carboxylic acid groups (broad SMARTS) is 1. The molecule has 0 aliphatic carbocycles. The van der Waals surface area contributed by atoms with Crippen molar-refractivity contribution in [3.05, 3.63) is 59.2 Å². The summed E-state index contributed by atoms with van der Waals surface area (Å²) >= 11 is 0. The van der Waals surface area contributed by atoms with E-state index in [4.69, 9.17) is 25.1 Å². The molecule has 2 aromatic carbocycles. The van der Waals surface area contributed by atoms with Crippen LogP contribution < -0.4 is 42.4 Å². The van der Waals surface area contributed by atoms with Crippen LogP contribution in [0, 0.1) is 18.8 Å². The second-order valence-electron chi connectivity index (χ2n) is 17.5. The lowest BCUT2D eigenvalue weighted by atomic mass is 10.0. The maximum atomic E-state index is 12.8. The molecule has 2 aromatic rings. The Bertz CT molecular complexity index is 1860. The minimum absolute atomic E-state index is 0.0105. The summed E-state index contributed by atoms with van der Waals surface area (Å²) in [4.78, 5) is 82.0. The van der Waals surface area contributed by atoms with Gasteiger partial charge in [-0.3, -0.25) is 28.8 Å². The van der Waals surface area contributed by atoms with Crippen molar-refractivity contribution in [1.82, 2.24) is 26.6 Å². The van der Waals surface area contributed by atoms with E-state index in [1.165, 1.54) is 23.3 Å². The predicted octanol–water partition coefficient (Wildman–Crippen LogP) is 5.62. The van der Waals surface area contributed by atoms with Gasteiger partial charge in [-0.2, -0.15) is 0 Å². The number of primary amides is 1. The Kier molecular flexibility index (Phi) is 34.0. The van der Waals surface area contributed by atoms with Crippen molar-refractivity contribution < 1.29 is 58.0 Å². The number of nitrogens with two attached hydrogens (primary N) is 1. The number of aryl methyl sites for hydroxylation is 2. The lowest BCUT2D eigenvalue weighted by Gasteiger charge is -2.32. The van der Waals surface area contributed by atoms with E-state index in [0.29, 0.717) is 18.5 Å². The highest BCUT2D eigenvalue weighted by atomic mass is 16.7. The van der Waals surface area contributed by atoms with E-state index in [9.17, 15) is 38.7 Å². The first-order valence-electron chi connectivity index (χ1n) is 24.6. The van der Waals surface area contributed by atoms with Gasteiger partial charge in [0.15, 0.2) is 0 Å². The molecule has 1 aliphatic rings. The smallest absolute Gasteiger partial charge is 0.322 e. The van der Waals surface area contributed by atoms with Crippen LogP contribution in [0.5, 0.6) is 5.75 Å². The number of anilines is 1. The molecule has 1 fully saturated rings. The number of carbonyl (C=O) groups is 7. The topological polar surface area (TPSA) is 286 Å². The number of aliphatic hydroxyl groups excluding tert-OH is 1. The molecular formula is C51H85N7O12. The predicted molar refractivity (Wildman–Crippen MR) is 271 cm³/mol. The summed E-state index contributed by atoms with van der Waals surface area (Å²) in [5, 5.41) is 35.3. The number of ether oxygens (including phenoxy) is 3. The molecule has 6 amide bonds. The Morgan fingerprint density at radius 1 is 0.786 bits per heavy atom. The molecule has 0 saturated carbocycles. The summed E-state index contributed by atoms with van der Waals surface area (Å²) in [6.07, 6.45) is 3.56. The average molecular weight is 988 g/mol. The molecule has 1 saturated heterocycles. The van der Waals surface area contributed by atoms with Crippen molar-refractivity contribution in [2.45, 2.75) is 171 Å². The highest BCUT2D eigenvalue weighted by Crippen LogP contribution is 2.31. The molecule has 3 rings (SSSR count). The van der Waals surface area contributed by atoms with Crippen LogP contribution in [-0.2, 0) is 51.3 Å². The van der Waals surface area contributed by atoms with Gasteiger partial charge in [0, 0.05) is 38.4 Å². The van der Waals surface area contributed by atoms with Crippen LogP contribution in [0.2, 0.25) is 0 Å². The van der Waals surface area contributed by atoms with Gasteiger partial charge in [0.1, 0.15) is 25.0 Å². The second-order valence-corrected chi connectivity index (χ2v) is 17.5. The van der Waals surface area contributed by atoms with Crippen molar-refractivity contribution >= 4 is 47.3 Å². The number of amides is 6. The summed E-state index contributed by atoms with van der Waals surface area (Å²) in [7, 11) is 0. The molecule has 0 bridgehead atoms. The largest absolute Gasteiger partial charge is 0.480 e. The van der Waals surface area contributed by atoms with Gasteiger partial charge in [-0.25, -0.2) is 4.79 Å². The van der Waals surface area contributed by atoms with E-state index < -0.39 is 60.9 Å². The Morgan fingerprint density at radius 2 is 1.44 bits per heavy atom. The van der Waals surface area contributed by atoms with Crippen LogP contribution in [0.25, 0.3) is 0 Å². The monoisotopic (exact) mass is 988 g/mol. The normalized spacial score (nSPS) is 15.3. The molecule has 1 heterocycles. The number of carboxylic acids is 1. The number of benzene rings is 2. The second kappa shape index (κ2) is 37.1. The molecule has 10 N–H and O–H groups in total. The van der Waals surface area contributed by atoms with Crippen molar-refractivity contribution in [3.8, 4) is 5.75 Å². The summed E-state index contributed by atoms with van der Waals surface area (Å²) in [5.74, 6) is -3.28. The SMILES string of the molecule is CC.CC(C)NC(C(=O)NCC(=O)Nc1ccc(COC(=O)C(C)C)cc1OC1CC(O)CC(C(=O)NCC(=O)O)O1)C(C)C.CCCCNC(=O)CCCCc1ccc(C)cc1.CCCNC(N)=O. The first-order valence-corrected chi connectivity index (χ1v) is 24.6. The van der Waals surface area contributed by atoms with Crippen LogP contribution in [0.3, 0.4) is 0 Å². The van der Waals surface area contributed by atoms with Crippen molar-refractivity contribution in [2.24, 2.45) is 17.6 Å². The van der Waals surface area contributed by atoms with Gasteiger partial charge < -0.3 is 62.1 Å². The number of urea groups is 1. The third-order valence-electron chi connectivity index (χ3n) is 9.93. The number of carbonyl (C=O) groups excluding carboxylic acids is 6. The fourth-order valence-electron chi connectivity index (χ4n) is 6.21. The van der Waals surface area contributed by atoms with Crippen molar-refractivity contribution in [2.75, 3.05) is 31.5 Å². The molecular weight excluding hydrogens is 903 g/mol. The van der Waals surface area contributed by atoms with Crippen molar-refractivity contribution in [1.29, 1.82) is 0 Å². The molecule has 0 radical (unpaired) electrons. The first kappa shape index (κ1) is 64.2. The fourth-order valence-corrected chi connectivity index (χ4v) is 6.21. The molecule has 4 unspecified atom stereocenters. The van der Waals surface area contributed by atoms with Crippen LogP contribution in [0.1, 0.15) is 137 Å². The highest BCUT2D eigenvalue weighted by molar-refractivity contribution is 5.96. The van der Waals surface area contributed by atoms with Gasteiger partial charge in [0.2, 0.25) is 29.9 Å². The molecule has 396 valence electrons. The first-order chi connectivity index (χ1) is 33.1. The van der Waals surface area contributed by atoms with Crippen LogP contribution in [0.15, 0.2) is 42.5 Å². The van der Waals surface area contributed by atoms with Gasteiger partial charge in [-0.1, -0.05) is 112 Å². The zero-order chi connectivity index (χ0) is 53.2. The number of aliphatic hydroxyl groups is 1. The number of aliphatic carboxylic acids is 1. The zero-order valence-corrected chi connectivity index (χ0v) is 43.5. The van der Waals surface area contributed by atoms with E-state index in [1.54, 1.807) is 19.9 Å². The Labute approximate surface area is 415 Å². The minimum atomic E-state index is -1.24. The third-order valence-corrected chi connectivity index (χ3v) is 9.93. The molecule has 70 heavy (non-hydrogen) atoms. The maximum absolute atomic E-state index is 12.8. The summed E-state index contributed by atoms with van der Waals surface area (Å²) in [5.41, 5.74) is 8.13. The molecule has 19 nitrogen and oxygen atoms in total. The molecule has 4 atom stereocenters. The Morgan fingerprint density at radius 3 is 2.00 bits per heavy atom. The van der Waals surface area contributed by atoms with Gasteiger partial charge >= 0.3 is 18.0 Å². The maximum Gasteiger partial charge on any atom is 0.322 e. The molecule has 0 spiro atoms. The lowest BCUT2D eigenvalue weighted by molar-refractivity contribution is -0.184. The Balaban J connectivity index is 0.00000144. The van der Waals surface area contributed by atoms with E-state index in [1.807, 2.05) is 48.5 Å². The molecule has 0 aromatic heterocycles. The minimum Gasteiger partial charge on any atom is -0.480 e. The number of unbranched alkanes of at least 4 members (excludes halogenated alkanes) is 2. The van der Waals surface area contributed by atoms with Gasteiger partial charge in [-0.15, -0.1) is 0 Å². The third kappa shape index (κ3) is 30.0. The molecule has 19 heteroatoms. The molecule has 1 aliphatic heterocycles. The summed E-state index contributed by atoms with van der Waals surface area (Å²) in [6.45, 7) is 21.7. The summed E-state index contributed by atoms with van der Waals surface area (Å²) < 4.78 is 17.0. The number of rotatable bonds is 25.